The second kappa shape index (κ2) is 2.59. The minimum Gasteiger partial charge on any atom is -0.248 e. The van der Waals surface area contributed by atoms with E-state index in [1.54, 1.807) is 4.68 Å². The van der Waals surface area contributed by atoms with Crippen LogP contribution >= 0.6 is 0 Å². The van der Waals surface area contributed by atoms with Gasteiger partial charge in [0.05, 0.1) is 6.54 Å². The van der Waals surface area contributed by atoms with E-state index in [0.717, 1.165) is 5.82 Å². The minimum absolute atomic E-state index is 0.135. The molecule has 0 bridgehead atoms. The van der Waals surface area contributed by atoms with Crippen molar-refractivity contribution in [3.63, 3.8) is 0 Å². The van der Waals surface area contributed by atoms with Crippen LogP contribution in [0.15, 0.2) is 6.33 Å². The van der Waals surface area contributed by atoms with Gasteiger partial charge < -0.3 is 0 Å². The number of hydrogen-bond donors (Lipinski definition) is 0. The van der Waals surface area contributed by atoms with Gasteiger partial charge in [-0.1, -0.05) is 0 Å². The third-order valence-corrected chi connectivity index (χ3v) is 1.11. The van der Waals surface area contributed by atoms with E-state index in [1.807, 2.05) is 6.92 Å². The van der Waals surface area contributed by atoms with E-state index in [1.165, 1.54) is 6.33 Å². The Bertz CT molecular complexity index is 184. The Labute approximate surface area is 53.1 Å². The zero-order valence-corrected chi connectivity index (χ0v) is 5.24. The third kappa shape index (κ3) is 1.26. The average Bonchev–Trinajstić information content (AvgIpc) is 2.18. The molecule has 0 N–H and O–H groups in total. The van der Waals surface area contributed by atoms with Gasteiger partial charge in [-0.25, -0.2) is 14.8 Å². The van der Waals surface area contributed by atoms with Crippen molar-refractivity contribution in [3.8, 4) is 0 Å². The van der Waals surface area contributed by atoms with Gasteiger partial charge in [-0.2, -0.15) is 5.10 Å². The maximum absolute atomic E-state index is 10.1. The fourth-order valence-corrected chi connectivity index (χ4v) is 0.628. The van der Waals surface area contributed by atoms with Crippen molar-refractivity contribution in [2.75, 3.05) is 6.61 Å². The second-order valence-electron chi connectivity index (χ2n) is 1.73. The van der Waals surface area contributed by atoms with E-state index >= 15 is 0 Å². The molecule has 1 aromatic rings. The Hall–Kier alpha value is -0.900. The van der Waals surface area contributed by atoms with Crippen molar-refractivity contribution >= 4 is 0 Å². The first-order valence-electron chi connectivity index (χ1n) is 2.77. The predicted octanol–water partition coefficient (Wildman–Crippen LogP) is 0.0170. The molecule has 0 aliphatic carbocycles. The van der Waals surface area contributed by atoms with Crippen LogP contribution in [-0.2, 0) is 11.7 Å². The Morgan fingerprint density at radius 2 is 2.56 bits per heavy atom. The topological polar surface area (TPSA) is 50.6 Å². The lowest BCUT2D eigenvalue weighted by Gasteiger charge is -1.95. The molecule has 4 nitrogen and oxygen atoms in total. The summed E-state index contributed by atoms with van der Waals surface area (Å²) in [4.78, 5) is 3.85. The van der Waals surface area contributed by atoms with Crippen LogP contribution in [0, 0.1) is 6.92 Å². The van der Waals surface area contributed by atoms with E-state index in [9.17, 15) is 5.11 Å². The maximum Gasteiger partial charge on any atom is 0.138 e. The van der Waals surface area contributed by atoms with Crippen LogP contribution in [0.3, 0.4) is 0 Å². The molecule has 1 aromatic heterocycles. The van der Waals surface area contributed by atoms with Gasteiger partial charge in [-0.3, -0.25) is 0 Å². The first-order chi connectivity index (χ1) is 4.34. The Kier molecular flexibility index (Phi) is 1.79. The molecule has 0 unspecified atom stereocenters. The molecule has 0 amide bonds. The summed E-state index contributed by atoms with van der Waals surface area (Å²) in [6.45, 7) is 2.11. The summed E-state index contributed by atoms with van der Waals surface area (Å²) in [7, 11) is 0. The lowest BCUT2D eigenvalue weighted by atomic mass is 10.6. The van der Waals surface area contributed by atoms with Crippen LogP contribution in [-0.4, -0.2) is 21.4 Å². The Morgan fingerprint density at radius 1 is 1.78 bits per heavy atom. The average molecular weight is 126 g/mol. The molecule has 1 rings (SSSR count). The van der Waals surface area contributed by atoms with Gasteiger partial charge in [0.2, 0.25) is 0 Å². The van der Waals surface area contributed by atoms with E-state index in [2.05, 4.69) is 10.1 Å². The van der Waals surface area contributed by atoms with E-state index in [0.29, 0.717) is 6.54 Å². The van der Waals surface area contributed by atoms with Gasteiger partial charge in [-0.05, 0) is 6.92 Å². The standard InChI is InChI=1S/C5H8N3O/c1-5-6-4-7-8(5)2-3-9/h4H,2-3H2,1H3. The molecule has 0 saturated heterocycles. The summed E-state index contributed by atoms with van der Waals surface area (Å²) in [6.07, 6.45) is 1.45. The predicted molar refractivity (Wildman–Crippen MR) is 30.3 cm³/mol. The zero-order valence-electron chi connectivity index (χ0n) is 5.24. The number of aromatic nitrogens is 3. The van der Waals surface area contributed by atoms with Crippen LogP contribution in [0.25, 0.3) is 0 Å². The highest BCUT2D eigenvalue weighted by atomic mass is 16.3. The molecule has 0 fully saturated rings. The third-order valence-electron chi connectivity index (χ3n) is 1.11. The summed E-state index contributed by atoms with van der Waals surface area (Å²) in [5, 5.41) is 13.9. The van der Waals surface area contributed by atoms with Crippen LogP contribution in [0.2, 0.25) is 0 Å². The van der Waals surface area contributed by atoms with Crippen LogP contribution in [0.1, 0.15) is 5.82 Å². The molecule has 1 heterocycles. The molecule has 49 valence electrons. The van der Waals surface area contributed by atoms with Crippen molar-refractivity contribution in [3.05, 3.63) is 12.2 Å². The van der Waals surface area contributed by atoms with Crippen LogP contribution < -0.4 is 0 Å². The molecule has 0 aromatic carbocycles. The van der Waals surface area contributed by atoms with Crippen molar-refractivity contribution in [2.45, 2.75) is 13.5 Å². The van der Waals surface area contributed by atoms with E-state index in [-0.39, 0.29) is 6.61 Å². The number of nitrogens with zero attached hydrogens (tertiary/aromatic N) is 3. The van der Waals surface area contributed by atoms with Gasteiger partial charge in [0.15, 0.2) is 0 Å². The summed E-state index contributed by atoms with van der Waals surface area (Å²) in [5.41, 5.74) is 0. The summed E-state index contributed by atoms with van der Waals surface area (Å²) in [5.74, 6) is 0.797. The van der Waals surface area contributed by atoms with Gasteiger partial charge in [0.25, 0.3) is 0 Å². The largest absolute Gasteiger partial charge is 0.248 e. The maximum atomic E-state index is 10.1. The molecule has 1 radical (unpaired) electrons. The minimum atomic E-state index is -0.135. The first-order valence-corrected chi connectivity index (χ1v) is 2.77. The molecular weight excluding hydrogens is 118 g/mol. The number of rotatable bonds is 2. The molecule has 0 saturated carbocycles. The molecular formula is C5H8N3O. The summed E-state index contributed by atoms with van der Waals surface area (Å²) < 4.78 is 1.59. The smallest absolute Gasteiger partial charge is 0.138 e. The van der Waals surface area contributed by atoms with Gasteiger partial charge in [0.1, 0.15) is 18.8 Å². The second-order valence-corrected chi connectivity index (χ2v) is 1.73. The van der Waals surface area contributed by atoms with E-state index < -0.39 is 0 Å². The Morgan fingerprint density at radius 3 is 3.00 bits per heavy atom. The molecule has 0 spiro atoms. The van der Waals surface area contributed by atoms with Gasteiger partial charge in [0, 0.05) is 0 Å². The lowest BCUT2D eigenvalue weighted by molar-refractivity contribution is 0.176. The molecule has 0 aliphatic heterocycles. The van der Waals surface area contributed by atoms with Crippen molar-refractivity contribution < 1.29 is 5.11 Å². The van der Waals surface area contributed by atoms with Gasteiger partial charge in [-0.15, -0.1) is 0 Å². The highest BCUT2D eigenvalue weighted by Crippen LogP contribution is 1.88. The molecule has 0 atom stereocenters. The van der Waals surface area contributed by atoms with Crippen molar-refractivity contribution in [2.24, 2.45) is 0 Å². The first kappa shape index (κ1) is 6.22. The Balaban J connectivity index is 2.69. The lowest BCUT2D eigenvalue weighted by Crippen LogP contribution is -2.04. The highest BCUT2D eigenvalue weighted by molar-refractivity contribution is 4.77. The van der Waals surface area contributed by atoms with Crippen molar-refractivity contribution in [1.29, 1.82) is 0 Å². The molecule has 4 heteroatoms. The van der Waals surface area contributed by atoms with E-state index in [4.69, 9.17) is 0 Å². The fraction of sp³-hybridized carbons (Fsp3) is 0.600. The highest BCUT2D eigenvalue weighted by Gasteiger charge is 1.94. The summed E-state index contributed by atoms with van der Waals surface area (Å²) >= 11 is 0. The zero-order chi connectivity index (χ0) is 6.69. The van der Waals surface area contributed by atoms with Crippen LogP contribution in [0.4, 0.5) is 0 Å². The summed E-state index contributed by atoms with van der Waals surface area (Å²) in [6, 6.07) is 0. The normalized spacial score (nSPS) is 10.0. The molecule has 9 heavy (non-hydrogen) atoms. The number of hydrogen-bond acceptors (Lipinski definition) is 2. The van der Waals surface area contributed by atoms with Crippen molar-refractivity contribution in [1.82, 2.24) is 14.8 Å². The molecule has 0 aliphatic rings. The van der Waals surface area contributed by atoms with Crippen LogP contribution in [0.5, 0.6) is 0 Å². The number of aryl methyl sites for hydroxylation is 1. The SMILES string of the molecule is Cc1ncnn1CC[O]. The monoisotopic (exact) mass is 126 g/mol. The van der Waals surface area contributed by atoms with Gasteiger partial charge >= 0.3 is 0 Å². The quantitative estimate of drug-likeness (QED) is 0.560. The fourth-order valence-electron chi connectivity index (χ4n) is 0.628.